The first-order valence-corrected chi connectivity index (χ1v) is 8.25. The van der Waals surface area contributed by atoms with Crippen LogP contribution in [0.15, 0.2) is 0 Å². The third-order valence-corrected chi connectivity index (χ3v) is 6.80. The van der Waals surface area contributed by atoms with Gasteiger partial charge in [-0.15, -0.1) is 0 Å². The third-order valence-electron chi connectivity index (χ3n) is 5.07. The van der Waals surface area contributed by atoms with E-state index in [1.54, 1.807) is 0 Å². The van der Waals surface area contributed by atoms with E-state index in [9.17, 15) is 0 Å². The van der Waals surface area contributed by atoms with Crippen molar-refractivity contribution in [3.8, 4) is 0 Å². The Morgan fingerprint density at radius 2 is 2.12 bits per heavy atom. The summed E-state index contributed by atoms with van der Waals surface area (Å²) in [5.41, 5.74) is 6.99. The topological polar surface area (TPSA) is 29.3 Å². The minimum absolute atomic E-state index is 0.312. The summed E-state index contributed by atoms with van der Waals surface area (Å²) in [6.07, 6.45) is 5.65. The standard InChI is InChI=1S/C14H26N2S/c1-13(2)7-14(8-15,10-17-9-13)16-6-11-3-4-12(16)5-11/h11-12H,3-10,15H2,1-2H3. The van der Waals surface area contributed by atoms with E-state index in [0.717, 1.165) is 18.5 Å². The molecule has 3 atom stereocenters. The lowest BCUT2D eigenvalue weighted by Gasteiger charge is -2.52. The van der Waals surface area contributed by atoms with Gasteiger partial charge in [0.25, 0.3) is 0 Å². The highest BCUT2D eigenvalue weighted by Crippen LogP contribution is 2.48. The highest BCUT2D eigenvalue weighted by atomic mass is 32.2. The molecule has 3 rings (SSSR count). The van der Waals surface area contributed by atoms with Gasteiger partial charge in [-0.1, -0.05) is 13.8 Å². The SMILES string of the molecule is CC1(C)CSCC(CN)(N2CC3CCC2C3)C1. The summed E-state index contributed by atoms with van der Waals surface area (Å²) in [6.45, 7) is 7.01. The number of hydrogen-bond donors (Lipinski definition) is 1. The molecule has 2 bridgehead atoms. The van der Waals surface area contributed by atoms with Gasteiger partial charge in [0.2, 0.25) is 0 Å². The van der Waals surface area contributed by atoms with Gasteiger partial charge in [-0.05, 0) is 42.8 Å². The molecule has 2 N–H and O–H groups in total. The van der Waals surface area contributed by atoms with Crippen LogP contribution in [0.25, 0.3) is 0 Å². The van der Waals surface area contributed by atoms with E-state index >= 15 is 0 Å². The van der Waals surface area contributed by atoms with E-state index < -0.39 is 0 Å². The molecule has 3 aliphatic rings. The molecule has 2 saturated heterocycles. The summed E-state index contributed by atoms with van der Waals surface area (Å²) in [7, 11) is 0. The molecule has 1 aliphatic carbocycles. The Bertz CT molecular complexity index is 305. The van der Waals surface area contributed by atoms with E-state index in [1.807, 2.05) is 0 Å². The van der Waals surface area contributed by atoms with Crippen molar-refractivity contribution in [2.45, 2.75) is 51.1 Å². The van der Waals surface area contributed by atoms with Crippen LogP contribution in [0.1, 0.15) is 39.5 Å². The average molecular weight is 254 g/mol. The quantitative estimate of drug-likeness (QED) is 0.820. The van der Waals surface area contributed by atoms with Crippen LogP contribution in [0.4, 0.5) is 0 Å². The second-order valence-corrected chi connectivity index (χ2v) is 8.23. The van der Waals surface area contributed by atoms with Crippen LogP contribution in [-0.4, -0.2) is 41.1 Å². The van der Waals surface area contributed by atoms with Crippen LogP contribution >= 0.6 is 11.8 Å². The first kappa shape index (κ1) is 12.3. The lowest BCUT2D eigenvalue weighted by atomic mass is 9.78. The molecular formula is C14H26N2S. The van der Waals surface area contributed by atoms with Gasteiger partial charge in [-0.2, -0.15) is 11.8 Å². The number of fused-ring (bicyclic) bond motifs is 2. The fourth-order valence-electron chi connectivity index (χ4n) is 4.45. The molecular weight excluding hydrogens is 228 g/mol. The molecule has 3 heteroatoms. The molecule has 2 heterocycles. The lowest BCUT2D eigenvalue weighted by Crippen LogP contribution is -2.61. The van der Waals surface area contributed by atoms with Crippen molar-refractivity contribution in [1.82, 2.24) is 4.90 Å². The third kappa shape index (κ3) is 2.04. The number of nitrogens with zero attached hydrogens (tertiary/aromatic N) is 1. The second-order valence-electron chi connectivity index (χ2n) is 7.25. The van der Waals surface area contributed by atoms with Crippen LogP contribution in [0.2, 0.25) is 0 Å². The maximum Gasteiger partial charge on any atom is 0.0430 e. The molecule has 2 aliphatic heterocycles. The molecule has 0 aromatic rings. The summed E-state index contributed by atoms with van der Waals surface area (Å²) >= 11 is 2.13. The predicted molar refractivity (Wildman–Crippen MR) is 75.3 cm³/mol. The first-order chi connectivity index (χ1) is 8.05. The van der Waals surface area contributed by atoms with E-state index in [2.05, 4.69) is 30.5 Å². The zero-order valence-corrected chi connectivity index (χ0v) is 12.1. The van der Waals surface area contributed by atoms with Gasteiger partial charge < -0.3 is 5.73 Å². The van der Waals surface area contributed by atoms with Crippen molar-refractivity contribution in [3.63, 3.8) is 0 Å². The largest absolute Gasteiger partial charge is 0.329 e. The van der Waals surface area contributed by atoms with Crippen molar-refractivity contribution in [3.05, 3.63) is 0 Å². The Balaban J connectivity index is 1.82. The maximum atomic E-state index is 6.22. The number of piperidine rings is 1. The summed E-state index contributed by atoms with van der Waals surface area (Å²) in [5.74, 6) is 3.55. The number of likely N-dealkylation sites (tertiary alicyclic amines) is 1. The molecule has 0 spiro atoms. The Morgan fingerprint density at radius 1 is 1.29 bits per heavy atom. The number of nitrogens with two attached hydrogens (primary N) is 1. The molecule has 0 amide bonds. The average Bonchev–Trinajstić information content (AvgIpc) is 2.89. The minimum atomic E-state index is 0.312. The zero-order chi connectivity index (χ0) is 12.1. The van der Waals surface area contributed by atoms with Crippen molar-refractivity contribution in [2.75, 3.05) is 24.6 Å². The van der Waals surface area contributed by atoms with Crippen molar-refractivity contribution in [1.29, 1.82) is 0 Å². The fourth-order valence-corrected chi connectivity index (χ4v) is 5.97. The molecule has 17 heavy (non-hydrogen) atoms. The van der Waals surface area contributed by atoms with E-state index in [-0.39, 0.29) is 0 Å². The van der Waals surface area contributed by atoms with E-state index in [4.69, 9.17) is 5.73 Å². The number of thioether (sulfide) groups is 1. The predicted octanol–water partition coefficient (Wildman–Crippen LogP) is 2.33. The Kier molecular flexibility index (Phi) is 3.00. The van der Waals surface area contributed by atoms with E-state index in [1.165, 1.54) is 43.7 Å². The van der Waals surface area contributed by atoms with Crippen LogP contribution in [0.3, 0.4) is 0 Å². The van der Waals surface area contributed by atoms with Gasteiger partial charge in [0.15, 0.2) is 0 Å². The summed E-state index contributed by atoms with van der Waals surface area (Å²) < 4.78 is 0. The monoisotopic (exact) mass is 254 g/mol. The summed E-state index contributed by atoms with van der Waals surface area (Å²) in [5, 5.41) is 0. The fraction of sp³-hybridized carbons (Fsp3) is 1.00. The van der Waals surface area contributed by atoms with Gasteiger partial charge in [-0.25, -0.2) is 0 Å². The lowest BCUT2D eigenvalue weighted by molar-refractivity contribution is 0.0415. The molecule has 0 radical (unpaired) electrons. The number of rotatable bonds is 2. The molecule has 0 aromatic heterocycles. The van der Waals surface area contributed by atoms with Crippen LogP contribution in [0.5, 0.6) is 0 Å². The summed E-state index contributed by atoms with van der Waals surface area (Å²) in [6, 6.07) is 0.859. The van der Waals surface area contributed by atoms with E-state index in [0.29, 0.717) is 11.0 Å². The van der Waals surface area contributed by atoms with Crippen molar-refractivity contribution >= 4 is 11.8 Å². The smallest absolute Gasteiger partial charge is 0.0430 e. The van der Waals surface area contributed by atoms with Gasteiger partial charge in [0, 0.05) is 30.4 Å². The molecule has 2 nitrogen and oxygen atoms in total. The molecule has 0 aromatic carbocycles. The van der Waals surface area contributed by atoms with Gasteiger partial charge in [0.05, 0.1) is 0 Å². The van der Waals surface area contributed by atoms with Gasteiger partial charge in [0.1, 0.15) is 0 Å². The van der Waals surface area contributed by atoms with Crippen LogP contribution in [0, 0.1) is 11.3 Å². The molecule has 98 valence electrons. The molecule has 3 fully saturated rings. The zero-order valence-electron chi connectivity index (χ0n) is 11.2. The second kappa shape index (κ2) is 4.14. The molecule has 3 unspecified atom stereocenters. The Morgan fingerprint density at radius 3 is 2.65 bits per heavy atom. The van der Waals surface area contributed by atoms with Crippen LogP contribution in [-0.2, 0) is 0 Å². The molecule has 1 saturated carbocycles. The Labute approximate surface area is 110 Å². The highest BCUT2D eigenvalue weighted by molar-refractivity contribution is 7.99. The highest BCUT2D eigenvalue weighted by Gasteiger charge is 2.51. The maximum absolute atomic E-state index is 6.22. The van der Waals surface area contributed by atoms with Crippen molar-refractivity contribution < 1.29 is 0 Å². The van der Waals surface area contributed by atoms with Gasteiger partial charge in [-0.3, -0.25) is 4.90 Å². The van der Waals surface area contributed by atoms with Gasteiger partial charge >= 0.3 is 0 Å². The van der Waals surface area contributed by atoms with Crippen LogP contribution < -0.4 is 5.73 Å². The van der Waals surface area contributed by atoms with Crippen molar-refractivity contribution in [2.24, 2.45) is 17.1 Å². The summed E-state index contributed by atoms with van der Waals surface area (Å²) in [4.78, 5) is 2.81. The Hall–Kier alpha value is 0.270. The normalized spacial score (nSPS) is 45.4. The minimum Gasteiger partial charge on any atom is -0.329 e. The first-order valence-electron chi connectivity index (χ1n) is 7.09. The number of hydrogen-bond acceptors (Lipinski definition) is 3.